The van der Waals surface area contributed by atoms with Crippen LogP contribution >= 0.6 is 0 Å². The number of amides is 1. The van der Waals surface area contributed by atoms with Crippen LogP contribution < -0.4 is 5.73 Å². The van der Waals surface area contributed by atoms with E-state index in [1.54, 1.807) is 17.9 Å². The van der Waals surface area contributed by atoms with Gasteiger partial charge in [0.2, 0.25) is 5.91 Å². The van der Waals surface area contributed by atoms with Crippen molar-refractivity contribution in [2.75, 3.05) is 26.2 Å². The van der Waals surface area contributed by atoms with Gasteiger partial charge in [-0.05, 0) is 63.4 Å². The Morgan fingerprint density at radius 2 is 1.88 bits per heavy atom. The van der Waals surface area contributed by atoms with Crippen LogP contribution in [0.25, 0.3) is 0 Å². The van der Waals surface area contributed by atoms with Gasteiger partial charge >= 0.3 is 5.97 Å². The number of likely N-dealkylation sites (N-methyl/N-ethyl adjacent to an activating group) is 1. The summed E-state index contributed by atoms with van der Waals surface area (Å²) in [4.78, 5) is 30.6. The van der Waals surface area contributed by atoms with Crippen molar-refractivity contribution in [2.24, 2.45) is 11.1 Å². The van der Waals surface area contributed by atoms with E-state index in [4.69, 9.17) is 10.5 Å². The summed E-state index contributed by atoms with van der Waals surface area (Å²) in [5.74, 6) is -0.821. The van der Waals surface area contributed by atoms with Crippen LogP contribution in [0.1, 0.15) is 71.9 Å². The molecule has 0 spiro atoms. The summed E-state index contributed by atoms with van der Waals surface area (Å²) in [7, 11) is 0. The number of nitrogens with two attached hydrogens (primary N) is 1. The fraction of sp³-hybridized carbons (Fsp3) is 0.680. The first-order valence-electron chi connectivity index (χ1n) is 12.0. The van der Waals surface area contributed by atoms with Gasteiger partial charge in [0.1, 0.15) is 12.4 Å². The Hall–Kier alpha value is -1.99. The van der Waals surface area contributed by atoms with Gasteiger partial charge in [-0.15, -0.1) is 0 Å². The van der Waals surface area contributed by atoms with Crippen LogP contribution in [0.4, 0.5) is 4.39 Å². The Morgan fingerprint density at radius 1 is 1.22 bits per heavy atom. The Kier molecular flexibility index (Phi) is 9.64. The highest BCUT2D eigenvalue weighted by Crippen LogP contribution is 2.47. The number of hydrogen-bond acceptors (Lipinski definition) is 5. The van der Waals surface area contributed by atoms with Crippen molar-refractivity contribution in [2.45, 2.75) is 78.4 Å². The predicted octanol–water partition coefficient (Wildman–Crippen LogP) is 3.90. The second-order valence-corrected chi connectivity index (χ2v) is 8.72. The Morgan fingerprint density at radius 3 is 2.41 bits per heavy atom. The average molecular weight is 450 g/mol. The molecule has 0 aromatic heterocycles. The van der Waals surface area contributed by atoms with Gasteiger partial charge in [-0.3, -0.25) is 9.59 Å². The number of halogens is 1. The first-order valence-corrected chi connectivity index (χ1v) is 12.0. The maximum Gasteiger partial charge on any atom is 0.314 e. The molecule has 6 nitrogen and oxygen atoms in total. The standard InChI is InChI=1S/C25H40FN3O3/c1-6-25(7-2,24(31)32-16-15-28(8-3)9-4)22-14-13-21(29(22)23(30)18(5)27)19-11-10-12-20(26)17-19/h10-12,17-18,21-22H,6-9,13-16,27H2,1-5H3/t18-,21+,22-/m1/s1. The lowest BCUT2D eigenvalue weighted by molar-refractivity contribution is -0.163. The van der Waals surface area contributed by atoms with E-state index in [1.807, 2.05) is 19.9 Å². The number of likely N-dealkylation sites (tertiary alicyclic amines) is 1. The van der Waals surface area contributed by atoms with Crippen LogP contribution in [0.5, 0.6) is 0 Å². The number of esters is 1. The van der Waals surface area contributed by atoms with Crippen molar-refractivity contribution in [3.05, 3.63) is 35.6 Å². The summed E-state index contributed by atoms with van der Waals surface area (Å²) in [6, 6.07) is 4.98. The molecule has 2 N–H and O–H groups in total. The van der Waals surface area contributed by atoms with Crippen molar-refractivity contribution < 1.29 is 18.7 Å². The molecule has 180 valence electrons. The van der Waals surface area contributed by atoms with Gasteiger partial charge in [-0.25, -0.2) is 4.39 Å². The van der Waals surface area contributed by atoms with Crippen LogP contribution in [0.15, 0.2) is 24.3 Å². The molecule has 7 heteroatoms. The van der Waals surface area contributed by atoms with Crippen molar-refractivity contribution in [3.8, 4) is 0 Å². The van der Waals surface area contributed by atoms with E-state index >= 15 is 0 Å². The molecule has 1 aliphatic heterocycles. The first-order chi connectivity index (χ1) is 15.2. The molecule has 1 amide bonds. The summed E-state index contributed by atoms with van der Waals surface area (Å²) < 4.78 is 19.7. The second-order valence-electron chi connectivity index (χ2n) is 8.72. The van der Waals surface area contributed by atoms with E-state index in [-0.39, 0.29) is 29.8 Å². The maximum atomic E-state index is 14.0. The fourth-order valence-electron chi connectivity index (χ4n) is 5.03. The third-order valence-corrected chi connectivity index (χ3v) is 7.10. The Labute approximate surface area is 192 Å². The van der Waals surface area contributed by atoms with Crippen LogP contribution in [-0.4, -0.2) is 60.0 Å². The molecule has 0 aliphatic carbocycles. The molecule has 1 aromatic carbocycles. The number of carbonyl (C=O) groups excluding carboxylic acids is 2. The number of ether oxygens (including phenoxy) is 1. The van der Waals surface area contributed by atoms with Gasteiger partial charge in [0, 0.05) is 12.6 Å². The Balaban J connectivity index is 2.35. The van der Waals surface area contributed by atoms with E-state index in [9.17, 15) is 14.0 Å². The van der Waals surface area contributed by atoms with Gasteiger partial charge in [0.25, 0.3) is 0 Å². The van der Waals surface area contributed by atoms with Gasteiger partial charge in [0.15, 0.2) is 0 Å². The molecule has 3 atom stereocenters. The van der Waals surface area contributed by atoms with Crippen LogP contribution in [-0.2, 0) is 14.3 Å². The zero-order chi connectivity index (χ0) is 23.9. The van der Waals surface area contributed by atoms with Crippen molar-refractivity contribution in [1.82, 2.24) is 9.80 Å². The molecule has 0 bridgehead atoms. The zero-order valence-electron chi connectivity index (χ0n) is 20.3. The minimum atomic E-state index is -0.824. The lowest BCUT2D eigenvalue weighted by Gasteiger charge is -2.42. The highest BCUT2D eigenvalue weighted by Gasteiger charge is 2.53. The molecule has 1 heterocycles. The predicted molar refractivity (Wildman–Crippen MR) is 124 cm³/mol. The Bertz CT molecular complexity index is 763. The lowest BCUT2D eigenvalue weighted by Crippen LogP contribution is -2.55. The van der Waals surface area contributed by atoms with Crippen LogP contribution in [0, 0.1) is 11.2 Å². The van der Waals surface area contributed by atoms with E-state index < -0.39 is 11.5 Å². The molecule has 2 rings (SSSR count). The summed E-state index contributed by atoms with van der Waals surface area (Å²) in [6.07, 6.45) is 2.40. The van der Waals surface area contributed by atoms with Crippen molar-refractivity contribution in [3.63, 3.8) is 0 Å². The van der Waals surface area contributed by atoms with Gasteiger partial charge in [-0.1, -0.05) is 39.8 Å². The zero-order valence-corrected chi connectivity index (χ0v) is 20.3. The second kappa shape index (κ2) is 11.8. The smallest absolute Gasteiger partial charge is 0.314 e. The SMILES string of the molecule is CCN(CC)CCOC(=O)C(CC)(CC)[C@H]1CC[C@@H](c2cccc(F)c2)N1C(=O)[C@@H](C)N. The summed E-state index contributed by atoms with van der Waals surface area (Å²) in [5.41, 5.74) is 5.92. The fourth-order valence-corrected chi connectivity index (χ4v) is 5.03. The van der Waals surface area contributed by atoms with Crippen LogP contribution in [0.2, 0.25) is 0 Å². The number of nitrogens with zero attached hydrogens (tertiary/aromatic N) is 2. The number of hydrogen-bond donors (Lipinski definition) is 1. The van der Waals surface area contributed by atoms with Gasteiger partial charge in [-0.2, -0.15) is 0 Å². The molecule has 1 aromatic rings. The molecule has 1 saturated heterocycles. The third kappa shape index (κ3) is 5.49. The summed E-state index contributed by atoms with van der Waals surface area (Å²) >= 11 is 0. The molecule has 1 fully saturated rings. The summed E-state index contributed by atoms with van der Waals surface area (Å²) in [5, 5.41) is 0. The maximum absolute atomic E-state index is 14.0. The number of carbonyl (C=O) groups is 2. The minimum Gasteiger partial charge on any atom is -0.464 e. The molecular weight excluding hydrogens is 409 g/mol. The van der Waals surface area contributed by atoms with E-state index in [1.165, 1.54) is 12.1 Å². The molecular formula is C25H40FN3O3. The van der Waals surface area contributed by atoms with Crippen LogP contribution in [0.3, 0.4) is 0 Å². The van der Waals surface area contributed by atoms with E-state index in [0.717, 1.165) is 18.7 Å². The first kappa shape index (κ1) is 26.3. The van der Waals surface area contributed by atoms with E-state index in [2.05, 4.69) is 18.7 Å². The van der Waals surface area contributed by atoms with Gasteiger partial charge < -0.3 is 20.3 Å². The highest BCUT2D eigenvalue weighted by atomic mass is 19.1. The molecule has 32 heavy (non-hydrogen) atoms. The average Bonchev–Trinajstić information content (AvgIpc) is 3.23. The van der Waals surface area contributed by atoms with Crippen molar-refractivity contribution in [1.29, 1.82) is 0 Å². The van der Waals surface area contributed by atoms with Crippen molar-refractivity contribution >= 4 is 11.9 Å². The topological polar surface area (TPSA) is 75.9 Å². The minimum absolute atomic E-state index is 0.219. The monoisotopic (exact) mass is 449 g/mol. The van der Waals surface area contributed by atoms with E-state index in [0.29, 0.717) is 38.8 Å². The summed E-state index contributed by atoms with van der Waals surface area (Å²) in [6.45, 7) is 12.6. The number of rotatable bonds is 11. The van der Waals surface area contributed by atoms with Gasteiger partial charge in [0.05, 0.1) is 17.5 Å². The highest BCUT2D eigenvalue weighted by molar-refractivity contribution is 5.84. The quantitative estimate of drug-likeness (QED) is 0.519. The molecule has 0 radical (unpaired) electrons. The lowest BCUT2D eigenvalue weighted by atomic mass is 9.74. The number of benzene rings is 1. The normalized spacial score (nSPS) is 19.9. The molecule has 0 saturated carbocycles. The largest absolute Gasteiger partial charge is 0.464 e. The third-order valence-electron chi connectivity index (χ3n) is 7.10. The molecule has 1 aliphatic rings. The molecule has 0 unspecified atom stereocenters.